The van der Waals surface area contributed by atoms with Gasteiger partial charge in [-0.05, 0) is 25.5 Å². The lowest BCUT2D eigenvalue weighted by atomic mass is 10.2. The Labute approximate surface area is 121 Å². The summed E-state index contributed by atoms with van der Waals surface area (Å²) in [5.74, 6) is -0.0493. The van der Waals surface area contributed by atoms with Crippen molar-refractivity contribution < 1.29 is 4.79 Å². The van der Waals surface area contributed by atoms with Gasteiger partial charge in [-0.1, -0.05) is 29.8 Å². The number of hydrogen-bond acceptors (Lipinski definition) is 3. The molecule has 1 amide bonds. The molecule has 0 bridgehead atoms. The molecule has 2 aromatic rings. The Bertz CT molecular complexity index is 582. The van der Waals surface area contributed by atoms with Crippen molar-refractivity contribution in [2.24, 2.45) is 0 Å². The zero-order valence-corrected chi connectivity index (χ0v) is 12.5. The summed E-state index contributed by atoms with van der Waals surface area (Å²) in [6.45, 7) is 4.98. The maximum atomic E-state index is 12.3. The molecule has 0 radical (unpaired) electrons. The molecule has 0 aliphatic carbocycles. The molecule has 1 heterocycles. The minimum Gasteiger partial charge on any atom is -0.333 e. The summed E-state index contributed by atoms with van der Waals surface area (Å²) < 4.78 is 0. The Morgan fingerprint density at radius 1 is 1.42 bits per heavy atom. The van der Waals surface area contributed by atoms with Crippen molar-refractivity contribution in [3.05, 3.63) is 50.9 Å². The topological polar surface area (TPSA) is 33.2 Å². The smallest absolute Gasteiger partial charge is 0.273 e. The molecule has 0 spiro atoms. The summed E-state index contributed by atoms with van der Waals surface area (Å²) in [7, 11) is 0. The lowest BCUT2D eigenvalue weighted by Crippen LogP contribution is -2.30. The van der Waals surface area contributed by atoms with Crippen molar-refractivity contribution in [2.75, 3.05) is 6.54 Å². The van der Waals surface area contributed by atoms with Crippen LogP contribution in [0.3, 0.4) is 0 Å². The van der Waals surface area contributed by atoms with Gasteiger partial charge < -0.3 is 4.90 Å². The number of hydrogen-bond donors (Lipinski definition) is 0. The van der Waals surface area contributed by atoms with Crippen LogP contribution in [0.25, 0.3) is 0 Å². The third-order valence-corrected chi connectivity index (χ3v) is 3.97. The average Bonchev–Trinajstić information content (AvgIpc) is 2.84. The maximum absolute atomic E-state index is 12.3. The van der Waals surface area contributed by atoms with Gasteiger partial charge in [-0.3, -0.25) is 4.79 Å². The Morgan fingerprint density at radius 2 is 2.16 bits per heavy atom. The number of carbonyl (C=O) groups is 1. The van der Waals surface area contributed by atoms with Crippen molar-refractivity contribution >= 4 is 28.8 Å². The summed E-state index contributed by atoms with van der Waals surface area (Å²) in [6.07, 6.45) is 0. The summed E-state index contributed by atoms with van der Waals surface area (Å²) in [6, 6.07) is 7.58. The molecule has 1 aromatic carbocycles. The molecule has 0 aliphatic rings. The molecule has 0 fully saturated rings. The standard InChI is InChI=1S/C14H15ClN2OS/c1-3-17(8-11-6-4-5-7-12(11)15)14(18)13-9-19-10(2)16-13/h4-7,9H,3,8H2,1-2H3. The first-order chi connectivity index (χ1) is 9.11. The van der Waals surface area contributed by atoms with Gasteiger partial charge >= 0.3 is 0 Å². The second-order valence-electron chi connectivity index (χ2n) is 4.16. The van der Waals surface area contributed by atoms with Crippen LogP contribution in [0.2, 0.25) is 5.02 Å². The molecule has 100 valence electrons. The number of aromatic nitrogens is 1. The first-order valence-electron chi connectivity index (χ1n) is 6.06. The molecule has 0 atom stereocenters. The van der Waals surface area contributed by atoms with E-state index in [4.69, 9.17) is 11.6 Å². The van der Waals surface area contributed by atoms with Crippen LogP contribution in [0.5, 0.6) is 0 Å². The van der Waals surface area contributed by atoms with Gasteiger partial charge in [0.2, 0.25) is 0 Å². The second kappa shape index (κ2) is 6.17. The van der Waals surface area contributed by atoms with E-state index >= 15 is 0 Å². The molecule has 0 N–H and O–H groups in total. The maximum Gasteiger partial charge on any atom is 0.273 e. The number of halogens is 1. The van der Waals surface area contributed by atoms with Crippen LogP contribution in [0.1, 0.15) is 28.0 Å². The first-order valence-corrected chi connectivity index (χ1v) is 7.32. The van der Waals surface area contributed by atoms with E-state index in [1.165, 1.54) is 11.3 Å². The average molecular weight is 295 g/mol. The second-order valence-corrected chi connectivity index (χ2v) is 5.63. The summed E-state index contributed by atoms with van der Waals surface area (Å²) in [5, 5.41) is 3.38. The van der Waals surface area contributed by atoms with Crippen molar-refractivity contribution in [1.82, 2.24) is 9.88 Å². The van der Waals surface area contributed by atoms with Crippen LogP contribution in [-0.2, 0) is 6.54 Å². The molecule has 0 aliphatic heterocycles. The lowest BCUT2D eigenvalue weighted by molar-refractivity contribution is 0.0747. The van der Waals surface area contributed by atoms with Gasteiger partial charge in [-0.2, -0.15) is 0 Å². The Kier molecular flexibility index (Phi) is 4.56. The van der Waals surface area contributed by atoms with Crippen LogP contribution < -0.4 is 0 Å². The van der Waals surface area contributed by atoms with Crippen LogP contribution in [-0.4, -0.2) is 22.3 Å². The van der Waals surface area contributed by atoms with Crippen molar-refractivity contribution in [3.8, 4) is 0 Å². The van der Waals surface area contributed by atoms with Gasteiger partial charge in [0.05, 0.1) is 5.01 Å². The fourth-order valence-electron chi connectivity index (χ4n) is 1.78. The van der Waals surface area contributed by atoms with E-state index in [1.54, 1.807) is 10.3 Å². The Morgan fingerprint density at radius 3 is 2.74 bits per heavy atom. The van der Waals surface area contributed by atoms with Gasteiger partial charge in [-0.15, -0.1) is 11.3 Å². The van der Waals surface area contributed by atoms with Gasteiger partial charge in [0.1, 0.15) is 5.69 Å². The van der Waals surface area contributed by atoms with Gasteiger partial charge in [-0.25, -0.2) is 4.98 Å². The third-order valence-electron chi connectivity index (χ3n) is 2.83. The van der Waals surface area contributed by atoms with Crippen LogP contribution in [0.15, 0.2) is 29.6 Å². The minimum absolute atomic E-state index is 0.0493. The minimum atomic E-state index is -0.0493. The molecule has 3 nitrogen and oxygen atoms in total. The highest BCUT2D eigenvalue weighted by Crippen LogP contribution is 2.18. The molecule has 5 heteroatoms. The van der Waals surface area contributed by atoms with E-state index in [1.807, 2.05) is 38.1 Å². The summed E-state index contributed by atoms with van der Waals surface area (Å²) >= 11 is 7.61. The molecule has 2 rings (SSSR count). The number of amides is 1. The first kappa shape index (κ1) is 14.0. The monoisotopic (exact) mass is 294 g/mol. The Hall–Kier alpha value is -1.39. The third kappa shape index (κ3) is 3.33. The molecular formula is C14H15ClN2OS. The number of carbonyl (C=O) groups excluding carboxylic acids is 1. The largest absolute Gasteiger partial charge is 0.333 e. The number of thiazole rings is 1. The van der Waals surface area contributed by atoms with Gasteiger partial charge in [0, 0.05) is 23.5 Å². The zero-order valence-electron chi connectivity index (χ0n) is 10.9. The fraction of sp³-hybridized carbons (Fsp3) is 0.286. The number of aryl methyl sites for hydroxylation is 1. The SMILES string of the molecule is CCN(Cc1ccccc1Cl)C(=O)c1csc(C)n1. The quantitative estimate of drug-likeness (QED) is 0.860. The van der Waals surface area contributed by atoms with E-state index < -0.39 is 0 Å². The highest BCUT2D eigenvalue weighted by Gasteiger charge is 2.17. The van der Waals surface area contributed by atoms with Crippen LogP contribution in [0, 0.1) is 6.92 Å². The summed E-state index contributed by atoms with van der Waals surface area (Å²) in [4.78, 5) is 18.3. The zero-order chi connectivity index (χ0) is 13.8. The predicted molar refractivity (Wildman–Crippen MR) is 78.7 cm³/mol. The van der Waals surface area contributed by atoms with Crippen LogP contribution in [0.4, 0.5) is 0 Å². The molecular weight excluding hydrogens is 280 g/mol. The van der Waals surface area contributed by atoms with Crippen LogP contribution >= 0.6 is 22.9 Å². The number of benzene rings is 1. The number of nitrogens with zero attached hydrogens (tertiary/aromatic N) is 2. The molecule has 1 aromatic heterocycles. The molecule has 19 heavy (non-hydrogen) atoms. The van der Waals surface area contributed by atoms with E-state index in [2.05, 4.69) is 4.98 Å². The molecule has 0 unspecified atom stereocenters. The van der Waals surface area contributed by atoms with Crippen molar-refractivity contribution in [3.63, 3.8) is 0 Å². The van der Waals surface area contributed by atoms with E-state index in [0.29, 0.717) is 23.8 Å². The normalized spacial score (nSPS) is 10.5. The Balaban J connectivity index is 2.17. The highest BCUT2D eigenvalue weighted by atomic mass is 35.5. The number of rotatable bonds is 4. The van der Waals surface area contributed by atoms with E-state index in [-0.39, 0.29) is 5.91 Å². The van der Waals surface area contributed by atoms with E-state index in [0.717, 1.165) is 10.6 Å². The van der Waals surface area contributed by atoms with Gasteiger partial charge in [0.15, 0.2) is 0 Å². The predicted octanol–water partition coefficient (Wildman–Crippen LogP) is 3.77. The lowest BCUT2D eigenvalue weighted by Gasteiger charge is -2.20. The molecule has 0 saturated carbocycles. The van der Waals surface area contributed by atoms with Crippen molar-refractivity contribution in [1.29, 1.82) is 0 Å². The summed E-state index contributed by atoms with van der Waals surface area (Å²) in [5.41, 5.74) is 1.46. The van der Waals surface area contributed by atoms with E-state index in [9.17, 15) is 4.79 Å². The molecule has 0 saturated heterocycles. The van der Waals surface area contributed by atoms with Gasteiger partial charge in [0.25, 0.3) is 5.91 Å². The van der Waals surface area contributed by atoms with Crippen molar-refractivity contribution in [2.45, 2.75) is 20.4 Å². The fourth-order valence-corrected chi connectivity index (χ4v) is 2.57. The highest BCUT2D eigenvalue weighted by molar-refractivity contribution is 7.09.